The molecule has 3 aromatic rings. The third kappa shape index (κ3) is 8.88. The molecule has 1 N–H and O–H groups in total. The van der Waals surface area contributed by atoms with Crippen LogP contribution >= 0.6 is 0 Å². The van der Waals surface area contributed by atoms with E-state index in [-0.39, 0.29) is 24.4 Å². The molecule has 6 heteroatoms. The first kappa shape index (κ1) is 29.8. The number of anilines is 1. The molecule has 0 aliphatic rings. The number of aryl methyl sites for hydroxylation is 2. The molecule has 1 unspecified atom stereocenters. The average molecular weight is 532 g/mol. The van der Waals surface area contributed by atoms with E-state index in [2.05, 4.69) is 43.4 Å². The molecule has 1 atom stereocenters. The minimum absolute atomic E-state index is 0.106. The first-order valence-corrected chi connectivity index (χ1v) is 13.7. The topological polar surface area (TPSA) is 73.9 Å². The minimum Gasteiger partial charge on any atom is -0.493 e. The number of carbonyl (C=O) groups excluding carboxylic acids is 2. The van der Waals surface area contributed by atoms with E-state index in [1.54, 1.807) is 25.1 Å². The van der Waals surface area contributed by atoms with Gasteiger partial charge in [-0.2, -0.15) is 0 Å². The van der Waals surface area contributed by atoms with Crippen LogP contribution in [0, 0.1) is 19.8 Å². The molecular formula is C33H41NO5. The van der Waals surface area contributed by atoms with E-state index in [9.17, 15) is 9.59 Å². The van der Waals surface area contributed by atoms with Crippen molar-refractivity contribution in [2.45, 2.75) is 66.9 Å². The third-order valence-electron chi connectivity index (χ3n) is 6.37. The number of amides is 1. The van der Waals surface area contributed by atoms with Gasteiger partial charge in [-0.25, -0.2) is 0 Å². The van der Waals surface area contributed by atoms with Crippen LogP contribution in [-0.4, -0.2) is 25.1 Å². The van der Waals surface area contributed by atoms with Crippen LogP contribution in [0.4, 0.5) is 5.69 Å². The number of para-hydroxylation sites is 1. The highest BCUT2D eigenvalue weighted by Gasteiger charge is 2.17. The van der Waals surface area contributed by atoms with Crippen molar-refractivity contribution in [1.29, 1.82) is 0 Å². The van der Waals surface area contributed by atoms with Crippen LogP contribution in [0.2, 0.25) is 0 Å². The molecular weight excluding hydrogens is 490 g/mol. The molecule has 0 aromatic heterocycles. The standard InChI is InChI=1S/C33H41NO5/c1-7-37-31(35)13-10-18-38-30-12-9-8-11-29(30)33(36)34-32-23(4)20-28(21-24(32)5)39-25(6)27-16-14-26(15-17-27)19-22(2)3/h8-9,11-12,14-17,20-22,25H,7,10,13,18-19H2,1-6H3,(H,34,36). The predicted molar refractivity (Wildman–Crippen MR) is 156 cm³/mol. The molecule has 0 saturated carbocycles. The molecule has 6 nitrogen and oxygen atoms in total. The highest BCUT2D eigenvalue weighted by Crippen LogP contribution is 2.31. The van der Waals surface area contributed by atoms with E-state index in [4.69, 9.17) is 14.2 Å². The Balaban J connectivity index is 1.64. The van der Waals surface area contributed by atoms with Gasteiger partial charge in [-0.05, 0) is 93.0 Å². The Kier molecular flexibility index (Phi) is 11.0. The smallest absolute Gasteiger partial charge is 0.305 e. The maximum absolute atomic E-state index is 13.2. The fourth-order valence-corrected chi connectivity index (χ4v) is 4.45. The number of rotatable bonds is 13. The summed E-state index contributed by atoms with van der Waals surface area (Å²) in [5.41, 5.74) is 5.44. The molecule has 0 spiro atoms. The SMILES string of the molecule is CCOC(=O)CCCOc1ccccc1C(=O)Nc1c(C)cc(OC(C)c2ccc(CC(C)C)cc2)cc1C. The summed E-state index contributed by atoms with van der Waals surface area (Å²) in [5, 5.41) is 3.05. The number of nitrogens with one attached hydrogen (secondary N) is 1. The van der Waals surface area contributed by atoms with Crippen molar-refractivity contribution in [2.24, 2.45) is 5.92 Å². The van der Waals surface area contributed by atoms with Gasteiger partial charge in [0.25, 0.3) is 5.91 Å². The summed E-state index contributed by atoms with van der Waals surface area (Å²) in [5.74, 6) is 1.35. The number of ether oxygens (including phenoxy) is 3. The maximum Gasteiger partial charge on any atom is 0.305 e. The fraction of sp³-hybridized carbons (Fsp3) is 0.394. The molecule has 208 valence electrons. The molecule has 3 rings (SSSR count). The molecule has 0 aliphatic heterocycles. The summed E-state index contributed by atoms with van der Waals surface area (Å²) < 4.78 is 17.0. The van der Waals surface area contributed by atoms with Gasteiger partial charge in [0.1, 0.15) is 17.6 Å². The second-order valence-electron chi connectivity index (χ2n) is 10.2. The molecule has 1 amide bonds. The van der Waals surface area contributed by atoms with Crippen molar-refractivity contribution >= 4 is 17.6 Å². The van der Waals surface area contributed by atoms with Gasteiger partial charge in [0, 0.05) is 12.1 Å². The van der Waals surface area contributed by atoms with Crippen LogP contribution < -0.4 is 14.8 Å². The van der Waals surface area contributed by atoms with Crippen LogP contribution in [-0.2, 0) is 16.0 Å². The van der Waals surface area contributed by atoms with Crippen molar-refractivity contribution in [3.63, 3.8) is 0 Å². The first-order valence-electron chi connectivity index (χ1n) is 13.7. The number of carbonyl (C=O) groups is 2. The molecule has 0 bridgehead atoms. The second kappa shape index (κ2) is 14.4. The zero-order chi connectivity index (χ0) is 28.4. The molecule has 0 radical (unpaired) electrons. The lowest BCUT2D eigenvalue weighted by Gasteiger charge is -2.19. The number of esters is 1. The largest absolute Gasteiger partial charge is 0.493 e. The Morgan fingerprint density at radius 1 is 0.923 bits per heavy atom. The van der Waals surface area contributed by atoms with Gasteiger partial charge in [0.15, 0.2) is 0 Å². The number of hydrogen-bond acceptors (Lipinski definition) is 5. The van der Waals surface area contributed by atoms with Gasteiger partial charge in [-0.3, -0.25) is 9.59 Å². The summed E-state index contributed by atoms with van der Waals surface area (Å²) in [7, 11) is 0. The normalized spacial score (nSPS) is 11.7. The molecule has 0 heterocycles. The lowest BCUT2D eigenvalue weighted by Crippen LogP contribution is -2.16. The summed E-state index contributed by atoms with van der Waals surface area (Å²) in [6.45, 7) is 12.9. The summed E-state index contributed by atoms with van der Waals surface area (Å²) in [6.07, 6.45) is 1.74. The quantitative estimate of drug-likeness (QED) is 0.181. The third-order valence-corrected chi connectivity index (χ3v) is 6.37. The molecule has 0 aliphatic carbocycles. The Labute approximate surface area is 232 Å². The van der Waals surface area contributed by atoms with Gasteiger partial charge >= 0.3 is 5.97 Å². The van der Waals surface area contributed by atoms with Gasteiger partial charge < -0.3 is 19.5 Å². The van der Waals surface area contributed by atoms with Crippen molar-refractivity contribution < 1.29 is 23.8 Å². The second-order valence-corrected chi connectivity index (χ2v) is 10.2. The van der Waals surface area contributed by atoms with Gasteiger partial charge in [0.05, 0.1) is 18.8 Å². The molecule has 0 fully saturated rings. The average Bonchev–Trinajstić information content (AvgIpc) is 2.89. The van der Waals surface area contributed by atoms with Crippen molar-refractivity contribution in [2.75, 3.05) is 18.5 Å². The Hall–Kier alpha value is -3.80. The highest BCUT2D eigenvalue weighted by atomic mass is 16.5. The lowest BCUT2D eigenvalue weighted by molar-refractivity contribution is -0.143. The van der Waals surface area contributed by atoms with Crippen molar-refractivity contribution in [3.8, 4) is 11.5 Å². The predicted octanol–water partition coefficient (Wildman–Crippen LogP) is 7.62. The van der Waals surface area contributed by atoms with E-state index in [1.165, 1.54) is 5.56 Å². The van der Waals surface area contributed by atoms with E-state index in [1.807, 2.05) is 39.0 Å². The fourth-order valence-electron chi connectivity index (χ4n) is 4.45. The number of hydrogen-bond donors (Lipinski definition) is 1. The van der Waals surface area contributed by atoms with Crippen LogP contribution in [0.1, 0.15) is 79.3 Å². The Morgan fingerprint density at radius 3 is 2.23 bits per heavy atom. The Bertz CT molecular complexity index is 1230. The van der Waals surface area contributed by atoms with Crippen LogP contribution in [0.5, 0.6) is 11.5 Å². The summed E-state index contributed by atoms with van der Waals surface area (Å²) in [6, 6.07) is 19.6. The Morgan fingerprint density at radius 2 is 1.59 bits per heavy atom. The van der Waals surface area contributed by atoms with E-state index in [0.717, 1.165) is 34.5 Å². The van der Waals surface area contributed by atoms with Crippen LogP contribution in [0.3, 0.4) is 0 Å². The molecule has 0 saturated heterocycles. The van der Waals surface area contributed by atoms with E-state index < -0.39 is 0 Å². The first-order chi connectivity index (χ1) is 18.7. The zero-order valence-electron chi connectivity index (χ0n) is 24.0. The molecule has 3 aromatic carbocycles. The van der Waals surface area contributed by atoms with Crippen molar-refractivity contribution in [1.82, 2.24) is 0 Å². The summed E-state index contributed by atoms with van der Waals surface area (Å²) in [4.78, 5) is 24.8. The summed E-state index contributed by atoms with van der Waals surface area (Å²) >= 11 is 0. The van der Waals surface area contributed by atoms with Crippen LogP contribution in [0.25, 0.3) is 0 Å². The van der Waals surface area contributed by atoms with Gasteiger partial charge in [0.2, 0.25) is 0 Å². The molecule has 39 heavy (non-hydrogen) atoms. The minimum atomic E-state index is -0.259. The number of benzene rings is 3. The van der Waals surface area contributed by atoms with Crippen LogP contribution in [0.15, 0.2) is 60.7 Å². The lowest BCUT2D eigenvalue weighted by atomic mass is 10.0. The van der Waals surface area contributed by atoms with Gasteiger partial charge in [-0.1, -0.05) is 50.2 Å². The zero-order valence-corrected chi connectivity index (χ0v) is 24.0. The highest BCUT2D eigenvalue weighted by molar-refractivity contribution is 6.07. The van der Waals surface area contributed by atoms with Gasteiger partial charge in [-0.15, -0.1) is 0 Å². The maximum atomic E-state index is 13.2. The van der Waals surface area contributed by atoms with E-state index in [0.29, 0.717) is 36.9 Å². The van der Waals surface area contributed by atoms with Crippen molar-refractivity contribution in [3.05, 3.63) is 88.5 Å². The monoisotopic (exact) mass is 531 g/mol. The van der Waals surface area contributed by atoms with E-state index >= 15 is 0 Å².